The molecule has 0 radical (unpaired) electrons. The molecule has 11 heteroatoms. The van der Waals surface area contributed by atoms with Gasteiger partial charge in [0.05, 0.1) is 47.4 Å². The summed E-state index contributed by atoms with van der Waals surface area (Å²) in [5.41, 5.74) is 2.18. The summed E-state index contributed by atoms with van der Waals surface area (Å²) in [7, 11) is -3.06. The predicted molar refractivity (Wildman–Crippen MR) is 114 cm³/mol. The molecule has 0 aromatic carbocycles. The van der Waals surface area contributed by atoms with Crippen molar-refractivity contribution >= 4 is 38.6 Å². The van der Waals surface area contributed by atoms with Gasteiger partial charge >= 0.3 is 6.09 Å². The number of pyridine rings is 2. The van der Waals surface area contributed by atoms with Crippen molar-refractivity contribution in [1.82, 2.24) is 19.4 Å². The van der Waals surface area contributed by atoms with Crippen LogP contribution in [0.1, 0.15) is 17.3 Å². The maximum atomic E-state index is 12.8. The summed E-state index contributed by atoms with van der Waals surface area (Å²) in [4.78, 5) is 34.5. The summed E-state index contributed by atoms with van der Waals surface area (Å²) in [5.74, 6) is -0.276. The summed E-state index contributed by atoms with van der Waals surface area (Å²) >= 11 is 0. The monoisotopic (exact) mass is 443 g/mol. The minimum absolute atomic E-state index is 0.0199. The third-order valence-electron chi connectivity index (χ3n) is 4.93. The SMILES string of the molecule is CCOC(=O)Nc1cncc(-n2ccc3cc(C(=O)N4CCS(=O)(=O)CC4)cnc32)c1. The van der Waals surface area contributed by atoms with Gasteiger partial charge in [0.2, 0.25) is 0 Å². The molecule has 4 rings (SSSR count). The van der Waals surface area contributed by atoms with Gasteiger partial charge in [0.15, 0.2) is 9.84 Å². The van der Waals surface area contributed by atoms with Gasteiger partial charge in [-0.15, -0.1) is 0 Å². The van der Waals surface area contributed by atoms with E-state index in [0.717, 1.165) is 5.39 Å². The first-order valence-electron chi connectivity index (χ1n) is 9.72. The summed E-state index contributed by atoms with van der Waals surface area (Å²) in [5, 5.41) is 3.36. The Morgan fingerprint density at radius 3 is 2.68 bits per heavy atom. The van der Waals surface area contributed by atoms with Crippen LogP contribution in [-0.4, -0.2) is 71.1 Å². The highest BCUT2D eigenvalue weighted by molar-refractivity contribution is 7.91. The molecule has 10 nitrogen and oxygen atoms in total. The fourth-order valence-electron chi connectivity index (χ4n) is 3.36. The number of rotatable bonds is 4. The molecule has 4 heterocycles. The van der Waals surface area contributed by atoms with Crippen molar-refractivity contribution in [3.05, 3.63) is 48.5 Å². The molecular formula is C20H21N5O5S. The largest absolute Gasteiger partial charge is 0.450 e. The summed E-state index contributed by atoms with van der Waals surface area (Å²) < 4.78 is 29.9. The van der Waals surface area contributed by atoms with Crippen molar-refractivity contribution in [2.75, 3.05) is 36.5 Å². The number of anilines is 1. The van der Waals surface area contributed by atoms with Crippen molar-refractivity contribution in [2.45, 2.75) is 6.92 Å². The molecule has 1 saturated heterocycles. The van der Waals surface area contributed by atoms with Crippen LogP contribution in [-0.2, 0) is 14.6 Å². The number of sulfone groups is 1. The molecule has 0 bridgehead atoms. The Balaban J connectivity index is 1.57. The third-order valence-corrected chi connectivity index (χ3v) is 6.54. The second kappa shape index (κ2) is 8.34. The molecule has 1 aliphatic heterocycles. The predicted octanol–water partition coefficient (Wildman–Crippen LogP) is 1.86. The Morgan fingerprint density at radius 1 is 1.16 bits per heavy atom. The average Bonchev–Trinajstić information content (AvgIpc) is 3.17. The Bertz CT molecular complexity index is 1240. The number of nitrogens with one attached hydrogen (secondary N) is 1. The van der Waals surface area contributed by atoms with Gasteiger partial charge in [0.1, 0.15) is 5.65 Å². The summed E-state index contributed by atoms with van der Waals surface area (Å²) in [6, 6.07) is 5.29. The zero-order valence-electron chi connectivity index (χ0n) is 16.8. The first kappa shape index (κ1) is 20.8. The Morgan fingerprint density at radius 2 is 1.94 bits per heavy atom. The van der Waals surface area contributed by atoms with Gasteiger partial charge in [-0.25, -0.2) is 18.2 Å². The van der Waals surface area contributed by atoms with Crippen LogP contribution in [0.25, 0.3) is 16.7 Å². The zero-order chi connectivity index (χ0) is 22.0. The van der Waals surface area contributed by atoms with Gasteiger partial charge in [0, 0.05) is 30.9 Å². The number of carbonyl (C=O) groups excluding carboxylic acids is 2. The van der Waals surface area contributed by atoms with Gasteiger partial charge in [-0.1, -0.05) is 0 Å². The topological polar surface area (TPSA) is 123 Å². The summed E-state index contributed by atoms with van der Waals surface area (Å²) in [6.07, 6.45) is 5.86. The molecule has 0 atom stereocenters. The van der Waals surface area contributed by atoms with Gasteiger partial charge in [-0.3, -0.25) is 19.7 Å². The van der Waals surface area contributed by atoms with Gasteiger partial charge in [-0.2, -0.15) is 0 Å². The molecule has 2 amide bonds. The van der Waals surface area contributed by atoms with Crippen LogP contribution < -0.4 is 5.32 Å². The molecule has 1 N–H and O–H groups in total. The molecule has 3 aromatic rings. The first-order chi connectivity index (χ1) is 14.9. The number of hydrogen-bond acceptors (Lipinski definition) is 7. The first-order valence-corrected chi connectivity index (χ1v) is 11.5. The van der Waals surface area contributed by atoms with E-state index < -0.39 is 15.9 Å². The molecule has 0 aliphatic carbocycles. The van der Waals surface area contributed by atoms with E-state index in [1.807, 2.05) is 6.07 Å². The van der Waals surface area contributed by atoms with Crippen molar-refractivity contribution in [3.8, 4) is 5.69 Å². The Labute approximate surface area is 178 Å². The lowest BCUT2D eigenvalue weighted by atomic mass is 10.2. The number of carbonyl (C=O) groups is 2. The number of nitrogens with zero attached hydrogens (tertiary/aromatic N) is 4. The van der Waals surface area contributed by atoms with Crippen LogP contribution in [0.2, 0.25) is 0 Å². The van der Waals surface area contributed by atoms with E-state index in [-0.39, 0.29) is 37.1 Å². The lowest BCUT2D eigenvalue weighted by Gasteiger charge is -2.26. The van der Waals surface area contributed by atoms with E-state index in [0.29, 0.717) is 22.6 Å². The van der Waals surface area contributed by atoms with E-state index in [9.17, 15) is 18.0 Å². The maximum absolute atomic E-state index is 12.8. The van der Waals surface area contributed by atoms with Crippen molar-refractivity contribution in [2.24, 2.45) is 0 Å². The minimum Gasteiger partial charge on any atom is -0.450 e. The molecule has 0 saturated carbocycles. The highest BCUT2D eigenvalue weighted by Crippen LogP contribution is 2.22. The van der Waals surface area contributed by atoms with Gasteiger partial charge < -0.3 is 9.64 Å². The standard InChI is InChI=1S/C20H21N5O5S/c1-2-30-20(27)23-16-10-17(13-21-12-16)25-4-3-14-9-15(11-22-18(14)25)19(26)24-5-7-31(28,29)8-6-24/h3-4,9-13H,2,5-8H2,1H3,(H,23,27). The highest BCUT2D eigenvalue weighted by Gasteiger charge is 2.26. The second-order valence-electron chi connectivity index (χ2n) is 7.04. The van der Waals surface area contributed by atoms with E-state index in [4.69, 9.17) is 4.74 Å². The molecule has 0 unspecified atom stereocenters. The minimum atomic E-state index is -3.06. The second-order valence-corrected chi connectivity index (χ2v) is 9.35. The van der Waals surface area contributed by atoms with Crippen molar-refractivity contribution in [3.63, 3.8) is 0 Å². The molecule has 3 aromatic heterocycles. The third kappa shape index (κ3) is 4.50. The van der Waals surface area contributed by atoms with Crippen molar-refractivity contribution in [1.29, 1.82) is 0 Å². The number of fused-ring (bicyclic) bond motifs is 1. The van der Waals surface area contributed by atoms with Gasteiger partial charge in [-0.05, 0) is 25.1 Å². The van der Waals surface area contributed by atoms with E-state index in [2.05, 4.69) is 15.3 Å². The molecular weight excluding hydrogens is 422 g/mol. The van der Waals surface area contributed by atoms with Crippen molar-refractivity contribution < 1.29 is 22.7 Å². The number of aromatic nitrogens is 3. The molecule has 162 valence electrons. The zero-order valence-corrected chi connectivity index (χ0v) is 17.6. The molecule has 0 spiro atoms. The Kier molecular flexibility index (Phi) is 5.59. The maximum Gasteiger partial charge on any atom is 0.411 e. The van der Waals surface area contributed by atoms with Crippen LogP contribution >= 0.6 is 0 Å². The smallest absolute Gasteiger partial charge is 0.411 e. The van der Waals surface area contributed by atoms with E-state index in [1.165, 1.54) is 17.3 Å². The van der Waals surface area contributed by atoms with E-state index in [1.54, 1.807) is 36.0 Å². The van der Waals surface area contributed by atoms with Crippen LogP contribution in [0.5, 0.6) is 0 Å². The number of ether oxygens (including phenoxy) is 1. The fourth-order valence-corrected chi connectivity index (χ4v) is 4.56. The number of hydrogen-bond donors (Lipinski definition) is 1. The molecule has 1 fully saturated rings. The lowest BCUT2D eigenvalue weighted by molar-refractivity contribution is 0.0770. The fraction of sp³-hybridized carbons (Fsp3) is 0.300. The molecule has 31 heavy (non-hydrogen) atoms. The number of amides is 2. The quantitative estimate of drug-likeness (QED) is 0.653. The van der Waals surface area contributed by atoms with Crippen LogP contribution in [0, 0.1) is 0 Å². The van der Waals surface area contributed by atoms with E-state index >= 15 is 0 Å². The highest BCUT2D eigenvalue weighted by atomic mass is 32.2. The summed E-state index contributed by atoms with van der Waals surface area (Å²) in [6.45, 7) is 2.36. The van der Waals surface area contributed by atoms with Crippen LogP contribution in [0.3, 0.4) is 0 Å². The normalized spacial score (nSPS) is 15.6. The van der Waals surface area contributed by atoms with Crippen LogP contribution in [0.4, 0.5) is 10.5 Å². The molecule has 1 aliphatic rings. The van der Waals surface area contributed by atoms with Gasteiger partial charge in [0.25, 0.3) is 5.91 Å². The Hall–Kier alpha value is -3.47. The van der Waals surface area contributed by atoms with Crippen LogP contribution in [0.15, 0.2) is 43.0 Å². The average molecular weight is 443 g/mol. The lowest BCUT2D eigenvalue weighted by Crippen LogP contribution is -2.43.